The molecule has 4 aliphatic rings. The fourth-order valence-electron chi connectivity index (χ4n) is 13.5. The van der Waals surface area contributed by atoms with Gasteiger partial charge in [0, 0.05) is 33.1 Å². The van der Waals surface area contributed by atoms with Crippen molar-refractivity contribution in [2.75, 3.05) is 13.2 Å². The molecule has 596 valence electrons. The summed E-state index contributed by atoms with van der Waals surface area (Å²) in [6.45, 7) is 26.5. The van der Waals surface area contributed by atoms with Crippen LogP contribution in [0.25, 0.3) is 5.41 Å². The number of hydrogen-bond acceptors (Lipinski definition) is 13. The maximum Gasteiger partial charge on any atom is 2.00 e. The molecule has 0 aromatic heterocycles. The number of nitrogens with one attached hydrogen (secondary N) is 2. The van der Waals surface area contributed by atoms with Gasteiger partial charge >= 0.3 is 46.3 Å². The van der Waals surface area contributed by atoms with Crippen molar-refractivity contribution in [1.29, 1.82) is 0 Å². The van der Waals surface area contributed by atoms with Gasteiger partial charge in [-0.1, -0.05) is 239 Å². The molecule has 8 aromatic carbocycles. The first-order chi connectivity index (χ1) is 51.3. The van der Waals surface area contributed by atoms with Crippen molar-refractivity contribution in [1.82, 2.24) is 13.2 Å². The molecule has 0 amide bonds. The molecule has 25 heteroatoms. The summed E-state index contributed by atoms with van der Waals surface area (Å²) in [4.78, 5) is 0.486. The van der Waals surface area contributed by atoms with E-state index >= 15 is 0 Å². The Bertz CT molecular complexity index is 4590. The van der Waals surface area contributed by atoms with Gasteiger partial charge in [0.1, 0.15) is 11.6 Å². The first kappa shape index (κ1) is 94.5. The number of rotatable bonds is 24. The maximum atomic E-state index is 13.5. The molecule has 12 rings (SSSR count). The minimum atomic E-state index is -3.90. The van der Waals surface area contributed by atoms with E-state index in [-0.39, 0.29) is 56.0 Å². The summed E-state index contributed by atoms with van der Waals surface area (Å²) in [6, 6.07) is 61.1. The molecule has 111 heavy (non-hydrogen) atoms. The molecule has 0 radical (unpaired) electrons. The molecule has 0 spiro atoms. The van der Waals surface area contributed by atoms with Gasteiger partial charge in [-0.15, -0.1) is 17.5 Å². The van der Waals surface area contributed by atoms with Crippen molar-refractivity contribution < 1.29 is 52.6 Å². The number of halogens is 2. The van der Waals surface area contributed by atoms with Gasteiger partial charge in [0.2, 0.25) is 20.0 Å². The number of aryl methyl sites for hydroxylation is 3. The van der Waals surface area contributed by atoms with Crippen LogP contribution in [0.1, 0.15) is 196 Å². The van der Waals surface area contributed by atoms with Crippen LogP contribution in [0.5, 0.6) is 0 Å². The van der Waals surface area contributed by atoms with Crippen LogP contribution in [0, 0.1) is 40.0 Å². The molecule has 2 saturated heterocycles. The first-order valence-electron chi connectivity index (χ1n) is 37.0. The summed E-state index contributed by atoms with van der Waals surface area (Å²) >= 11 is 8.43. The van der Waals surface area contributed by atoms with E-state index in [9.17, 15) is 44.9 Å². The van der Waals surface area contributed by atoms with E-state index in [2.05, 4.69) is 49.3 Å². The quantitative estimate of drug-likeness (QED) is 0.0164. The van der Waals surface area contributed by atoms with Crippen LogP contribution >= 0.6 is 23.2 Å². The third-order valence-corrected chi connectivity index (χ3v) is 27.6. The Hall–Kier alpha value is -5.36. The zero-order valence-electron chi connectivity index (χ0n) is 66.4. The predicted molar refractivity (Wildman–Crippen MR) is 458 cm³/mol. The van der Waals surface area contributed by atoms with Crippen molar-refractivity contribution in [3.63, 3.8) is 0 Å². The number of benzene rings is 8. The Morgan fingerprint density at radius 3 is 1.33 bits per heavy atom. The molecular formula is C86H111Cl2MgN5O12S5+2. The van der Waals surface area contributed by atoms with Crippen LogP contribution in [0.15, 0.2) is 231 Å². The van der Waals surface area contributed by atoms with Crippen LogP contribution in [0.3, 0.4) is 0 Å². The predicted octanol–water partition coefficient (Wildman–Crippen LogP) is 19.9. The van der Waals surface area contributed by atoms with E-state index in [1.165, 1.54) is 24.8 Å². The van der Waals surface area contributed by atoms with Crippen molar-refractivity contribution in [3.05, 3.63) is 280 Å². The summed E-state index contributed by atoms with van der Waals surface area (Å²) < 4.78 is 128. The molecule has 2 heterocycles. The van der Waals surface area contributed by atoms with Crippen molar-refractivity contribution >= 4 is 111 Å². The molecule has 2 aliphatic heterocycles. The van der Waals surface area contributed by atoms with E-state index in [1.54, 1.807) is 126 Å². The number of ether oxygens (including phenoxy) is 1. The van der Waals surface area contributed by atoms with Gasteiger partial charge in [0.15, 0.2) is 5.60 Å². The Labute approximate surface area is 694 Å². The summed E-state index contributed by atoms with van der Waals surface area (Å²) in [7, 11) is -11.5. The van der Waals surface area contributed by atoms with Gasteiger partial charge in [-0.05, 0) is 213 Å². The van der Waals surface area contributed by atoms with E-state index < -0.39 is 88.3 Å². The van der Waals surface area contributed by atoms with E-state index in [1.807, 2.05) is 136 Å². The number of nitrogens with zero attached hydrogens (tertiary/aromatic N) is 3. The van der Waals surface area contributed by atoms with Crippen LogP contribution in [0.2, 0.25) is 10.0 Å². The molecule has 2 saturated carbocycles. The van der Waals surface area contributed by atoms with Crippen molar-refractivity contribution in [2.45, 2.75) is 215 Å². The van der Waals surface area contributed by atoms with Gasteiger partial charge in [-0.3, -0.25) is 0 Å². The molecule has 0 bridgehead atoms. The van der Waals surface area contributed by atoms with Gasteiger partial charge in [-0.2, -0.15) is 5.71 Å². The van der Waals surface area contributed by atoms with Crippen LogP contribution < -0.4 is 9.44 Å². The van der Waals surface area contributed by atoms with E-state index in [4.69, 9.17) is 40.7 Å². The van der Waals surface area contributed by atoms with Crippen molar-refractivity contribution in [2.24, 2.45) is 16.2 Å². The largest absolute Gasteiger partial charge is 2.00 e. The normalized spacial score (nSPS) is 18.1. The van der Waals surface area contributed by atoms with Gasteiger partial charge in [-0.25, -0.2) is 34.7 Å². The monoisotopic (exact) mass is 1660 g/mol. The molecule has 3 unspecified atom stereocenters. The van der Waals surface area contributed by atoms with Gasteiger partial charge in [0.25, 0.3) is 10.0 Å². The van der Waals surface area contributed by atoms with E-state index in [0.29, 0.717) is 40.1 Å². The maximum absolute atomic E-state index is 13.5. The summed E-state index contributed by atoms with van der Waals surface area (Å²) in [5.74, 6) is 0.821. The molecule has 4 fully saturated rings. The smallest absolute Gasteiger partial charge is 0.811 e. The molecule has 5 atom stereocenters. The molecule has 8 aromatic rings. The Balaban J connectivity index is 0.000000236. The second-order valence-electron chi connectivity index (χ2n) is 30.8. The minimum Gasteiger partial charge on any atom is -0.811 e. The average molecular weight is 1660 g/mol. The van der Waals surface area contributed by atoms with Crippen molar-refractivity contribution in [3.8, 4) is 0 Å². The van der Waals surface area contributed by atoms with Crippen LogP contribution in [0.4, 0.5) is 0 Å². The summed E-state index contributed by atoms with van der Waals surface area (Å²) in [6.07, 6.45) is 10.3. The van der Waals surface area contributed by atoms with Gasteiger partial charge in [0.05, 0.1) is 41.8 Å². The second-order valence-corrected chi connectivity index (χ2v) is 39.0. The van der Waals surface area contributed by atoms with Crippen LogP contribution in [-0.2, 0) is 77.3 Å². The number of hydrogen-bond donors (Lipinski definition) is 5. The fraction of sp³-hybridized carbons (Fsp3) is 0.407. The topological polar surface area (TPSA) is 253 Å². The Morgan fingerprint density at radius 2 is 0.964 bits per heavy atom. The Kier molecular flexibility index (Phi) is 35.3. The van der Waals surface area contributed by atoms with Crippen LogP contribution in [-0.4, -0.2) is 108 Å². The van der Waals surface area contributed by atoms with E-state index in [0.717, 1.165) is 94.0 Å². The zero-order valence-corrected chi connectivity index (χ0v) is 73.4. The molecule has 17 nitrogen and oxygen atoms in total. The SMILES string of the molecule is C1CCOC1.CC(C)CC(=[N-])C1(c2ccc(Cl)cc2)CCC1.Cc1ccc(S(=O)(=O)N2C(c3ccccc3)C(C)(C)O[S+]2O)cc1.Cc1ccc(S(=O)(=O)N[C@H](c2ccccc2)C(C)(C)O)cc1.Cc1ccc(S(=O)(=O)N[C@H](c2ccccc2)C(C)(C)O[S+](O)N=C(CC(C)C)C2(c3ccc(Cl)cc3)CCC2)cc1.[CH3-].[Mg+2]. The Morgan fingerprint density at radius 1 is 0.586 bits per heavy atom. The third kappa shape index (κ3) is 25.6. The minimum absolute atomic E-state index is 0. The standard InChI is InChI=1S/C32H40ClN2O4S2.C17H20NO4S2.C17H21NO3S.C15H19ClN.C4H8O.CH3.Mg/c1-23(2)22-29(32(20-9-21-32)26-14-16-27(33)17-15-26)34-40(36)39-31(4,5)30(25-10-7-6-8-11-25)35-41(37,38)28-18-12-24(3)13-19-28;1-13-9-11-15(12-10-13)24(20,21)18-16(14-7-5-4-6-8-14)17(2,3)22-23(18)19;1-13-9-11-15(12-10-13)22(20,21)18-16(17(2,3)19)14-7-5-4-6-8-14;1-11(2)10-14(17)15(8-3-9-15)12-4-6-13(16)7-5-12;1-2-4-5-3-1;;/h6-8,10-19,23,30,35-36H,9,20-22H2,1-5H3;4-12,16,19H,1-3H3;4-12,16,18-19H,1-3H3;4-7,11H,3,8-10H2,1-2H3;1-4H2;1H3;/q2*+1;;-1;;-1;+2/t30-,40?;;16-;;;;/m1.1..../s1. The van der Waals surface area contributed by atoms with Gasteiger partial charge < -0.3 is 22.7 Å². The summed E-state index contributed by atoms with van der Waals surface area (Å²) in [5.41, 5.74) is 5.43. The molecular weight excluding hydrogens is 1550 g/mol. The number of aliphatic hydroxyl groups is 1. The first-order valence-corrected chi connectivity index (χ1v) is 44.2. The second kappa shape index (κ2) is 41.5. The summed E-state index contributed by atoms with van der Waals surface area (Å²) in [5, 5.41) is 22.2. The zero-order chi connectivity index (χ0) is 79.8. The average Bonchev–Trinajstić information content (AvgIpc) is 1.58. The third-order valence-electron chi connectivity index (χ3n) is 19.7. The molecule has 2 aliphatic carbocycles. The fourth-order valence-corrected chi connectivity index (χ4v) is 20.9. The number of sulfonamides is 3. The molecule has 5 N–H and O–H groups in total.